The summed E-state index contributed by atoms with van der Waals surface area (Å²) >= 11 is 0. The molecular weight excluding hydrogens is 236 g/mol. The first-order chi connectivity index (χ1) is 8.63. The zero-order chi connectivity index (χ0) is 13.4. The van der Waals surface area contributed by atoms with Crippen LogP contribution in [0.2, 0.25) is 0 Å². The smallest absolute Gasteiger partial charge is 0.409 e. The lowest BCUT2D eigenvalue weighted by Crippen LogP contribution is -2.32. The predicted octanol–water partition coefficient (Wildman–Crippen LogP) is 0.0457. The van der Waals surface area contributed by atoms with E-state index in [2.05, 4.69) is 4.98 Å². The summed E-state index contributed by atoms with van der Waals surface area (Å²) in [5, 5.41) is 17.6. The lowest BCUT2D eigenvalue weighted by molar-refractivity contribution is 0.0225. The number of carbonyl (C=O) groups is 1. The van der Waals surface area contributed by atoms with Gasteiger partial charge in [-0.25, -0.2) is 4.79 Å². The molecule has 0 saturated heterocycles. The zero-order valence-corrected chi connectivity index (χ0v) is 10.3. The zero-order valence-electron chi connectivity index (χ0n) is 10.3. The van der Waals surface area contributed by atoms with E-state index in [1.165, 1.54) is 4.90 Å². The van der Waals surface area contributed by atoms with Gasteiger partial charge in [0.2, 0.25) is 0 Å². The molecule has 1 atom stereocenters. The summed E-state index contributed by atoms with van der Waals surface area (Å²) in [6.45, 7) is -0.154. The van der Waals surface area contributed by atoms with Crippen LogP contribution in [0.4, 0.5) is 4.79 Å². The van der Waals surface area contributed by atoms with Gasteiger partial charge in [-0.3, -0.25) is 4.98 Å². The molecule has 0 fully saturated rings. The van der Waals surface area contributed by atoms with E-state index < -0.39 is 18.8 Å². The summed E-state index contributed by atoms with van der Waals surface area (Å²) in [4.78, 5) is 17.0. The van der Waals surface area contributed by atoms with Gasteiger partial charge < -0.3 is 19.8 Å². The van der Waals surface area contributed by atoms with Crippen LogP contribution >= 0.6 is 0 Å². The van der Waals surface area contributed by atoms with Crippen molar-refractivity contribution in [1.82, 2.24) is 9.88 Å². The van der Waals surface area contributed by atoms with Crippen LogP contribution in [0, 0.1) is 0 Å². The van der Waals surface area contributed by atoms with Gasteiger partial charge in [0, 0.05) is 31.9 Å². The van der Waals surface area contributed by atoms with Crippen LogP contribution in [-0.4, -0.2) is 59.1 Å². The number of rotatable bonds is 6. The Labute approximate surface area is 106 Å². The van der Waals surface area contributed by atoms with E-state index >= 15 is 0 Å². The number of aliphatic hydroxyl groups excluding tert-OH is 2. The number of pyridine rings is 1. The quantitative estimate of drug-likeness (QED) is 0.749. The highest BCUT2D eigenvalue weighted by molar-refractivity contribution is 5.67. The predicted molar refractivity (Wildman–Crippen MR) is 65.0 cm³/mol. The van der Waals surface area contributed by atoms with Gasteiger partial charge in [-0.15, -0.1) is 0 Å². The molecule has 6 nitrogen and oxygen atoms in total. The lowest BCUT2D eigenvalue weighted by atomic mass is 10.2. The van der Waals surface area contributed by atoms with Crippen molar-refractivity contribution in [3.05, 3.63) is 30.1 Å². The van der Waals surface area contributed by atoms with E-state index in [9.17, 15) is 4.79 Å². The number of hydrogen-bond acceptors (Lipinski definition) is 5. The Kier molecular flexibility index (Phi) is 6.10. The number of aromatic nitrogens is 1. The molecule has 1 aromatic rings. The first kappa shape index (κ1) is 14.4. The fourth-order valence-corrected chi connectivity index (χ4v) is 1.25. The van der Waals surface area contributed by atoms with Crippen LogP contribution in [-0.2, 0) is 11.2 Å². The number of hydrogen-bond donors (Lipinski definition) is 2. The fourth-order valence-electron chi connectivity index (χ4n) is 1.25. The van der Waals surface area contributed by atoms with E-state index in [0.717, 1.165) is 5.69 Å². The number of carbonyl (C=O) groups excluding carboxylic acids is 1. The number of amides is 1. The van der Waals surface area contributed by atoms with E-state index in [0.29, 0.717) is 13.0 Å². The Hall–Kier alpha value is -1.66. The van der Waals surface area contributed by atoms with Gasteiger partial charge in [0.15, 0.2) is 0 Å². The molecular formula is C12H18N2O4. The van der Waals surface area contributed by atoms with Crippen LogP contribution in [0.3, 0.4) is 0 Å². The molecule has 0 bridgehead atoms. The van der Waals surface area contributed by atoms with Gasteiger partial charge in [-0.05, 0) is 12.1 Å². The number of likely N-dealkylation sites (N-methyl/N-ethyl adjacent to an activating group) is 1. The number of nitrogens with zero attached hydrogens (tertiary/aromatic N) is 2. The standard InChI is InChI=1S/C12H18N2O4/c1-14(12(17)18-9-11(16)8-15)7-5-10-4-2-3-6-13-10/h2-4,6,11,15-16H,5,7-9H2,1H3. The number of ether oxygens (including phenoxy) is 1. The Morgan fingerprint density at radius 1 is 1.56 bits per heavy atom. The van der Waals surface area contributed by atoms with Crippen LogP contribution in [0.5, 0.6) is 0 Å². The molecule has 2 N–H and O–H groups in total. The van der Waals surface area contributed by atoms with Gasteiger partial charge >= 0.3 is 6.09 Å². The summed E-state index contributed by atoms with van der Waals surface area (Å²) in [6, 6.07) is 5.60. The van der Waals surface area contributed by atoms with Crippen molar-refractivity contribution in [2.45, 2.75) is 12.5 Å². The second-order valence-electron chi connectivity index (χ2n) is 3.91. The molecule has 1 amide bonds. The third-order valence-corrected chi connectivity index (χ3v) is 2.35. The Morgan fingerprint density at radius 3 is 2.94 bits per heavy atom. The van der Waals surface area contributed by atoms with E-state index in [-0.39, 0.29) is 6.61 Å². The average Bonchev–Trinajstić information content (AvgIpc) is 2.42. The molecule has 1 aromatic heterocycles. The minimum absolute atomic E-state index is 0.205. The van der Waals surface area contributed by atoms with Crippen LogP contribution in [0.25, 0.3) is 0 Å². The normalized spacial score (nSPS) is 11.9. The highest BCUT2D eigenvalue weighted by Crippen LogP contribution is 1.98. The van der Waals surface area contributed by atoms with Gasteiger partial charge in [-0.2, -0.15) is 0 Å². The first-order valence-corrected chi connectivity index (χ1v) is 5.70. The third kappa shape index (κ3) is 5.11. The maximum Gasteiger partial charge on any atom is 0.409 e. The molecule has 0 aliphatic heterocycles. The van der Waals surface area contributed by atoms with Crippen molar-refractivity contribution in [2.75, 3.05) is 26.8 Å². The molecule has 0 aromatic carbocycles. The third-order valence-electron chi connectivity index (χ3n) is 2.35. The second kappa shape index (κ2) is 7.62. The molecule has 100 valence electrons. The Morgan fingerprint density at radius 2 is 2.33 bits per heavy atom. The van der Waals surface area contributed by atoms with E-state index in [4.69, 9.17) is 14.9 Å². The molecule has 0 spiro atoms. The molecule has 1 unspecified atom stereocenters. The summed E-state index contributed by atoms with van der Waals surface area (Å²) in [5.74, 6) is 0. The van der Waals surface area contributed by atoms with Gasteiger partial charge in [0.1, 0.15) is 12.7 Å². The molecule has 0 saturated carbocycles. The van der Waals surface area contributed by atoms with Crippen LogP contribution in [0.15, 0.2) is 24.4 Å². The van der Waals surface area contributed by atoms with Crippen molar-refractivity contribution < 1.29 is 19.7 Å². The van der Waals surface area contributed by atoms with Crippen molar-refractivity contribution in [1.29, 1.82) is 0 Å². The summed E-state index contributed by atoms with van der Waals surface area (Å²) in [5.41, 5.74) is 0.896. The maximum absolute atomic E-state index is 11.5. The van der Waals surface area contributed by atoms with Crippen molar-refractivity contribution in [3.8, 4) is 0 Å². The minimum Gasteiger partial charge on any atom is -0.447 e. The lowest BCUT2D eigenvalue weighted by Gasteiger charge is -2.17. The summed E-state index contributed by atoms with van der Waals surface area (Å²) in [7, 11) is 1.61. The molecule has 1 rings (SSSR count). The molecule has 0 aliphatic rings. The molecule has 18 heavy (non-hydrogen) atoms. The Balaban J connectivity index is 2.27. The fraction of sp³-hybridized carbons (Fsp3) is 0.500. The highest BCUT2D eigenvalue weighted by atomic mass is 16.6. The largest absolute Gasteiger partial charge is 0.447 e. The average molecular weight is 254 g/mol. The van der Waals surface area contributed by atoms with Gasteiger partial charge in [-0.1, -0.05) is 6.07 Å². The van der Waals surface area contributed by atoms with E-state index in [1.807, 2.05) is 18.2 Å². The molecule has 0 aliphatic carbocycles. The Bertz CT molecular complexity index is 358. The maximum atomic E-state index is 11.5. The molecule has 1 heterocycles. The van der Waals surface area contributed by atoms with Crippen molar-refractivity contribution in [3.63, 3.8) is 0 Å². The highest BCUT2D eigenvalue weighted by Gasteiger charge is 2.12. The minimum atomic E-state index is -1.03. The summed E-state index contributed by atoms with van der Waals surface area (Å²) in [6.07, 6.45) is 0.775. The molecule has 0 radical (unpaired) electrons. The van der Waals surface area contributed by atoms with E-state index in [1.54, 1.807) is 13.2 Å². The monoisotopic (exact) mass is 254 g/mol. The first-order valence-electron chi connectivity index (χ1n) is 5.70. The van der Waals surface area contributed by atoms with Gasteiger partial charge in [0.25, 0.3) is 0 Å². The molecule has 6 heteroatoms. The number of aliphatic hydroxyl groups is 2. The van der Waals surface area contributed by atoms with Gasteiger partial charge in [0.05, 0.1) is 6.61 Å². The summed E-state index contributed by atoms with van der Waals surface area (Å²) < 4.78 is 4.80. The van der Waals surface area contributed by atoms with Crippen LogP contribution < -0.4 is 0 Å². The van der Waals surface area contributed by atoms with Crippen molar-refractivity contribution in [2.24, 2.45) is 0 Å². The van der Waals surface area contributed by atoms with Crippen LogP contribution in [0.1, 0.15) is 5.69 Å². The van der Waals surface area contributed by atoms with Crippen molar-refractivity contribution >= 4 is 6.09 Å². The SMILES string of the molecule is CN(CCc1ccccn1)C(=O)OCC(O)CO. The second-order valence-corrected chi connectivity index (χ2v) is 3.91. The topological polar surface area (TPSA) is 82.9 Å².